The van der Waals surface area contributed by atoms with Gasteiger partial charge in [0.1, 0.15) is 11.4 Å². The van der Waals surface area contributed by atoms with Crippen LogP contribution in [0.15, 0.2) is 24.3 Å². The van der Waals surface area contributed by atoms with Crippen LogP contribution in [-0.2, 0) is 9.16 Å². The fourth-order valence-corrected chi connectivity index (χ4v) is 2.50. The van der Waals surface area contributed by atoms with E-state index in [1.807, 2.05) is 33.9 Å². The fraction of sp³-hybridized carbons (Fsp3) is 0.500. The monoisotopic (exact) mass is 376 g/mol. The summed E-state index contributed by atoms with van der Waals surface area (Å²) in [5.74, 6) is -1.17. The Balaban J connectivity index is 3.01. The normalized spacial score (nSPS) is 12.2. The summed E-state index contributed by atoms with van der Waals surface area (Å²) in [6, 6.07) is 6.39. The van der Waals surface area contributed by atoms with Gasteiger partial charge in [-0.1, -0.05) is 32.9 Å². The molecule has 0 aliphatic heterocycles. The third-order valence-corrected chi connectivity index (χ3v) is 8.42. The van der Waals surface area contributed by atoms with Crippen molar-refractivity contribution in [3.63, 3.8) is 0 Å². The molecule has 0 aliphatic rings. The van der Waals surface area contributed by atoms with E-state index in [0.717, 1.165) is 0 Å². The first-order valence-electron chi connectivity index (χ1n) is 7.23. The van der Waals surface area contributed by atoms with Gasteiger partial charge in [0, 0.05) is 0 Å². The van der Waals surface area contributed by atoms with Crippen molar-refractivity contribution in [1.82, 2.24) is 0 Å². The number of carbonyl (C=O) groups is 2. The van der Waals surface area contributed by atoms with Crippen LogP contribution in [0.2, 0.25) is 18.1 Å². The molecule has 0 spiro atoms. The summed E-state index contributed by atoms with van der Waals surface area (Å²) in [4.78, 5) is 23.8. The highest BCUT2D eigenvalue weighted by Gasteiger charge is 2.41. The van der Waals surface area contributed by atoms with Gasteiger partial charge in [-0.25, -0.2) is 9.59 Å². The fourth-order valence-electron chi connectivity index (χ4n) is 1.50. The topological polar surface area (TPSA) is 52.6 Å². The molecular formula is C16H22Cl2O4Si. The van der Waals surface area contributed by atoms with E-state index in [4.69, 9.17) is 32.4 Å². The molecule has 0 saturated heterocycles. The molecule has 1 rings (SSSR count). The SMILES string of the molecule is CC(C)(C)[Si](C)(C)OC(=O)c1ccccc1C(=O)OCC(Cl)Cl. The Morgan fingerprint density at radius 1 is 1.09 bits per heavy atom. The molecule has 0 atom stereocenters. The molecule has 4 nitrogen and oxygen atoms in total. The van der Waals surface area contributed by atoms with Gasteiger partial charge < -0.3 is 9.16 Å². The van der Waals surface area contributed by atoms with Crippen LogP contribution >= 0.6 is 23.2 Å². The van der Waals surface area contributed by atoms with Crippen molar-refractivity contribution in [3.05, 3.63) is 35.4 Å². The maximum atomic E-state index is 12.5. The van der Waals surface area contributed by atoms with E-state index >= 15 is 0 Å². The molecule has 1 aromatic rings. The van der Waals surface area contributed by atoms with Gasteiger partial charge in [-0.3, -0.25) is 0 Å². The predicted molar refractivity (Wildman–Crippen MR) is 94.8 cm³/mol. The molecule has 0 fully saturated rings. The van der Waals surface area contributed by atoms with Crippen LogP contribution in [0.1, 0.15) is 41.5 Å². The second-order valence-corrected chi connectivity index (χ2v) is 12.7. The molecule has 0 radical (unpaired) electrons. The Kier molecular flexibility index (Phi) is 6.68. The van der Waals surface area contributed by atoms with E-state index < -0.39 is 25.1 Å². The molecule has 0 aromatic heterocycles. The lowest BCUT2D eigenvalue weighted by Gasteiger charge is -2.35. The second kappa shape index (κ2) is 7.68. The molecule has 0 heterocycles. The molecule has 0 bridgehead atoms. The van der Waals surface area contributed by atoms with Crippen molar-refractivity contribution >= 4 is 43.5 Å². The Morgan fingerprint density at radius 2 is 1.57 bits per heavy atom. The summed E-state index contributed by atoms with van der Waals surface area (Å²) in [6.07, 6.45) is 0. The van der Waals surface area contributed by atoms with Gasteiger partial charge in [-0.2, -0.15) is 0 Å². The summed E-state index contributed by atoms with van der Waals surface area (Å²) < 4.78 is 10.7. The van der Waals surface area contributed by atoms with E-state index in [1.54, 1.807) is 18.2 Å². The first-order valence-corrected chi connectivity index (χ1v) is 11.0. The summed E-state index contributed by atoms with van der Waals surface area (Å²) in [5, 5.41) is -0.122. The summed E-state index contributed by atoms with van der Waals surface area (Å²) in [7, 11) is -2.29. The standard InChI is InChI=1S/C16H22Cl2O4Si/c1-16(2,3)23(4,5)22-15(20)12-9-7-6-8-11(12)14(19)21-10-13(17)18/h6-9,13H,10H2,1-5H3. The number of carbonyl (C=O) groups excluding carboxylic acids is 2. The van der Waals surface area contributed by atoms with Crippen molar-refractivity contribution < 1.29 is 18.8 Å². The predicted octanol–water partition coefficient (Wildman–Crippen LogP) is 4.81. The van der Waals surface area contributed by atoms with E-state index in [0.29, 0.717) is 0 Å². The maximum absolute atomic E-state index is 12.5. The third kappa shape index (κ3) is 5.51. The largest absolute Gasteiger partial charge is 0.516 e. The molecule has 1 aromatic carbocycles. The van der Waals surface area contributed by atoms with Crippen LogP contribution in [0.5, 0.6) is 0 Å². The highest BCUT2D eigenvalue weighted by atomic mass is 35.5. The van der Waals surface area contributed by atoms with Crippen LogP contribution in [0, 0.1) is 0 Å². The quantitative estimate of drug-likeness (QED) is 0.420. The van der Waals surface area contributed by atoms with Crippen molar-refractivity contribution in [3.8, 4) is 0 Å². The highest BCUT2D eigenvalue weighted by molar-refractivity contribution is 6.75. The minimum absolute atomic E-state index is 0.122. The molecule has 128 valence electrons. The van der Waals surface area contributed by atoms with Gasteiger partial charge >= 0.3 is 11.9 Å². The zero-order valence-corrected chi connectivity index (χ0v) is 16.5. The van der Waals surface area contributed by atoms with Crippen LogP contribution in [-0.4, -0.2) is 31.7 Å². The molecule has 0 unspecified atom stereocenters. The summed E-state index contributed by atoms with van der Waals surface area (Å²) in [5.41, 5.74) is 0.327. The van der Waals surface area contributed by atoms with E-state index in [2.05, 4.69) is 0 Å². The zero-order chi connectivity index (χ0) is 17.8. The molecule has 23 heavy (non-hydrogen) atoms. The second-order valence-electron chi connectivity index (χ2n) is 6.68. The molecule has 0 amide bonds. The molecule has 0 aliphatic carbocycles. The Morgan fingerprint density at radius 3 is 2.00 bits per heavy atom. The molecular weight excluding hydrogens is 355 g/mol. The lowest BCUT2D eigenvalue weighted by Crippen LogP contribution is -2.42. The lowest BCUT2D eigenvalue weighted by atomic mass is 10.1. The zero-order valence-electron chi connectivity index (χ0n) is 14.0. The highest BCUT2D eigenvalue weighted by Crippen LogP contribution is 2.37. The lowest BCUT2D eigenvalue weighted by molar-refractivity contribution is 0.0510. The van der Waals surface area contributed by atoms with E-state index in [1.165, 1.54) is 6.07 Å². The number of halogens is 2. The van der Waals surface area contributed by atoms with Crippen molar-refractivity contribution in [2.45, 2.75) is 43.7 Å². The maximum Gasteiger partial charge on any atom is 0.339 e. The third-order valence-electron chi connectivity index (χ3n) is 3.86. The number of esters is 1. The van der Waals surface area contributed by atoms with Gasteiger partial charge in [0.15, 0.2) is 0 Å². The van der Waals surface area contributed by atoms with Gasteiger partial charge in [0.05, 0.1) is 11.1 Å². The molecule has 7 heteroatoms. The van der Waals surface area contributed by atoms with Gasteiger partial charge in [-0.15, -0.1) is 23.2 Å². The number of alkyl halides is 2. The number of hydrogen-bond acceptors (Lipinski definition) is 4. The van der Waals surface area contributed by atoms with Gasteiger partial charge in [-0.05, 0) is 30.3 Å². The number of ether oxygens (including phenoxy) is 1. The van der Waals surface area contributed by atoms with E-state index in [9.17, 15) is 9.59 Å². The van der Waals surface area contributed by atoms with Crippen LogP contribution in [0.3, 0.4) is 0 Å². The summed E-state index contributed by atoms with van der Waals surface area (Å²) in [6.45, 7) is 9.90. The van der Waals surface area contributed by atoms with Crippen LogP contribution in [0.25, 0.3) is 0 Å². The molecule has 0 N–H and O–H groups in total. The van der Waals surface area contributed by atoms with Crippen molar-refractivity contribution in [1.29, 1.82) is 0 Å². The minimum atomic E-state index is -2.29. The van der Waals surface area contributed by atoms with Gasteiger partial charge in [0.2, 0.25) is 0 Å². The smallest absolute Gasteiger partial charge is 0.339 e. The van der Waals surface area contributed by atoms with Crippen LogP contribution in [0.4, 0.5) is 0 Å². The average molecular weight is 377 g/mol. The first kappa shape index (κ1) is 20.0. The number of rotatable bonds is 5. The van der Waals surface area contributed by atoms with Gasteiger partial charge in [0.25, 0.3) is 8.32 Å². The number of hydrogen-bond donors (Lipinski definition) is 0. The Bertz CT molecular complexity index is 580. The molecule has 0 saturated carbocycles. The Hall–Kier alpha value is -1.04. The van der Waals surface area contributed by atoms with Crippen molar-refractivity contribution in [2.24, 2.45) is 0 Å². The number of benzene rings is 1. The van der Waals surface area contributed by atoms with Crippen molar-refractivity contribution in [2.75, 3.05) is 6.61 Å². The average Bonchev–Trinajstić information content (AvgIpc) is 2.43. The van der Waals surface area contributed by atoms with E-state index in [-0.39, 0.29) is 22.8 Å². The first-order chi connectivity index (χ1) is 10.5. The van der Waals surface area contributed by atoms with Crippen LogP contribution < -0.4 is 0 Å². The minimum Gasteiger partial charge on any atom is -0.516 e. The summed E-state index contributed by atoms with van der Waals surface area (Å²) >= 11 is 11.1. The Labute approximate surface area is 148 Å².